The Hall–Kier alpha value is -2.55. The summed E-state index contributed by atoms with van der Waals surface area (Å²) >= 11 is 0. The monoisotopic (exact) mass is 393 g/mol. The summed E-state index contributed by atoms with van der Waals surface area (Å²) in [5, 5.41) is 0. The van der Waals surface area contributed by atoms with Gasteiger partial charge in [-0.15, -0.1) is 0 Å². The van der Waals surface area contributed by atoms with Crippen LogP contribution in [0.25, 0.3) is 11.5 Å². The first-order valence-corrected chi connectivity index (χ1v) is 11.0. The van der Waals surface area contributed by atoms with E-state index in [1.165, 1.54) is 36.0 Å². The molecule has 0 unspecified atom stereocenters. The molecular weight excluding hydrogens is 358 g/mol. The number of rotatable bonds is 5. The molecule has 3 nitrogen and oxygen atoms in total. The average Bonchev–Trinajstić information content (AvgIpc) is 3.38. The molecule has 0 fully saturated rings. The van der Waals surface area contributed by atoms with Gasteiger partial charge >= 0.3 is 0 Å². The maximum atomic E-state index is 5.94. The van der Waals surface area contributed by atoms with E-state index in [-0.39, 0.29) is 0 Å². The maximum absolute atomic E-state index is 5.94. The summed E-state index contributed by atoms with van der Waals surface area (Å²) in [5.41, 5.74) is 6.13. The van der Waals surface area contributed by atoms with Crippen LogP contribution in [0.2, 0.25) is 0 Å². The lowest BCUT2D eigenvalue weighted by Gasteiger charge is -2.07. The molecule has 156 valence electrons. The number of hydrogen-bond acceptors (Lipinski definition) is 3. The molecular formula is C26H35NO2. The second-order valence-electron chi connectivity index (χ2n) is 6.77. The van der Waals surface area contributed by atoms with Crippen LogP contribution in [0.5, 0.6) is 5.75 Å². The van der Waals surface area contributed by atoms with Crippen molar-refractivity contribution in [3.8, 4) is 17.2 Å². The molecule has 1 aliphatic carbocycles. The van der Waals surface area contributed by atoms with Crippen LogP contribution in [0.3, 0.4) is 0 Å². The highest BCUT2D eigenvalue weighted by Crippen LogP contribution is 2.26. The van der Waals surface area contributed by atoms with Gasteiger partial charge in [-0.25, -0.2) is 4.98 Å². The molecule has 29 heavy (non-hydrogen) atoms. The number of aromatic nitrogens is 1. The van der Waals surface area contributed by atoms with Gasteiger partial charge in [0.1, 0.15) is 11.5 Å². The fraction of sp³-hybridized carbons (Fsp3) is 0.423. The Morgan fingerprint density at radius 3 is 2.31 bits per heavy atom. The second kappa shape index (κ2) is 11.5. The molecule has 1 aliphatic rings. The molecule has 0 aliphatic heterocycles. The van der Waals surface area contributed by atoms with E-state index in [1.807, 2.05) is 46.8 Å². The highest BCUT2D eigenvalue weighted by molar-refractivity contribution is 5.54. The molecule has 0 saturated heterocycles. The molecule has 0 N–H and O–H groups in total. The molecule has 1 heterocycles. The predicted molar refractivity (Wildman–Crippen MR) is 122 cm³/mol. The van der Waals surface area contributed by atoms with Crippen LogP contribution >= 0.6 is 0 Å². The van der Waals surface area contributed by atoms with Gasteiger partial charge in [0, 0.05) is 12.0 Å². The van der Waals surface area contributed by atoms with Crippen LogP contribution in [0.15, 0.2) is 46.9 Å². The Morgan fingerprint density at radius 1 is 0.897 bits per heavy atom. The molecule has 0 saturated carbocycles. The van der Waals surface area contributed by atoms with Gasteiger partial charge in [0.05, 0.1) is 12.3 Å². The Kier molecular flexibility index (Phi) is 8.98. The molecule has 0 amide bonds. The number of ether oxygens (including phenoxy) is 1. The highest BCUT2D eigenvalue weighted by atomic mass is 16.5. The molecule has 3 aromatic rings. The number of fused-ring (bicyclic) bond motifs is 1. The molecule has 4 rings (SSSR count). The quantitative estimate of drug-likeness (QED) is 0.463. The summed E-state index contributed by atoms with van der Waals surface area (Å²) in [5.74, 6) is 2.51. The zero-order valence-electron chi connectivity index (χ0n) is 18.8. The van der Waals surface area contributed by atoms with Crippen molar-refractivity contribution < 1.29 is 9.15 Å². The van der Waals surface area contributed by atoms with Crippen LogP contribution in [0.4, 0.5) is 0 Å². The third-order valence-electron chi connectivity index (χ3n) is 4.87. The zero-order valence-corrected chi connectivity index (χ0v) is 18.8. The Morgan fingerprint density at radius 2 is 1.59 bits per heavy atom. The molecule has 1 aromatic heterocycles. The topological polar surface area (TPSA) is 35.3 Å². The molecule has 3 heteroatoms. The van der Waals surface area contributed by atoms with Gasteiger partial charge in [0.15, 0.2) is 0 Å². The summed E-state index contributed by atoms with van der Waals surface area (Å²) in [4.78, 5) is 4.65. The van der Waals surface area contributed by atoms with Crippen molar-refractivity contribution in [1.29, 1.82) is 0 Å². The van der Waals surface area contributed by atoms with E-state index in [1.54, 1.807) is 0 Å². The van der Waals surface area contributed by atoms with E-state index >= 15 is 0 Å². The Bertz CT molecular complexity index is 878. The zero-order chi connectivity index (χ0) is 21.2. The van der Waals surface area contributed by atoms with Crippen molar-refractivity contribution in [1.82, 2.24) is 4.98 Å². The van der Waals surface area contributed by atoms with E-state index in [4.69, 9.17) is 9.15 Å². The number of benzene rings is 2. The molecule has 0 radical (unpaired) electrons. The Balaban J connectivity index is 0.000000707. The van der Waals surface area contributed by atoms with Crippen LogP contribution in [-0.4, -0.2) is 11.6 Å². The van der Waals surface area contributed by atoms with Crippen LogP contribution in [0, 0.1) is 13.8 Å². The SMILES string of the molecule is CC.CC.Cc1ccc(-c2nc(CCOc3ccc4c(c3)CCC4)c(C)o2)cc1. The van der Waals surface area contributed by atoms with Crippen molar-refractivity contribution >= 4 is 0 Å². The van der Waals surface area contributed by atoms with Gasteiger partial charge in [0.25, 0.3) is 0 Å². The first-order chi connectivity index (χ1) is 14.2. The number of oxazole rings is 1. The van der Waals surface area contributed by atoms with Crippen molar-refractivity contribution in [2.45, 2.75) is 67.2 Å². The lowest BCUT2D eigenvalue weighted by atomic mass is 10.1. The standard InChI is InChI=1S/C22H23NO2.2C2H6/c1-15-6-8-18(9-7-15)22-23-21(16(2)25-22)12-13-24-20-11-10-17-4-3-5-19(17)14-20;2*1-2/h6-11,14H,3-5,12-13H2,1-2H3;2*1-2H3. The van der Waals surface area contributed by atoms with Crippen molar-refractivity contribution in [2.24, 2.45) is 0 Å². The molecule has 0 spiro atoms. The number of nitrogens with zero attached hydrogens (tertiary/aromatic N) is 1. The normalized spacial score (nSPS) is 11.7. The average molecular weight is 394 g/mol. The smallest absolute Gasteiger partial charge is 0.226 e. The van der Waals surface area contributed by atoms with Crippen LogP contribution < -0.4 is 4.74 Å². The van der Waals surface area contributed by atoms with Gasteiger partial charge < -0.3 is 9.15 Å². The predicted octanol–water partition coefficient (Wildman–Crippen LogP) is 7.12. The maximum Gasteiger partial charge on any atom is 0.226 e. The number of hydrogen-bond donors (Lipinski definition) is 0. The largest absolute Gasteiger partial charge is 0.493 e. The molecule has 2 aromatic carbocycles. The molecule has 0 bridgehead atoms. The third kappa shape index (κ3) is 5.96. The lowest BCUT2D eigenvalue weighted by Crippen LogP contribution is -2.03. The Labute approximate surface area is 176 Å². The number of aryl methyl sites for hydroxylation is 4. The fourth-order valence-electron chi connectivity index (χ4n) is 3.38. The van der Waals surface area contributed by atoms with Gasteiger partial charge in [-0.05, 0) is 68.5 Å². The van der Waals surface area contributed by atoms with Gasteiger partial charge in [-0.3, -0.25) is 0 Å². The van der Waals surface area contributed by atoms with E-state index in [0.717, 1.165) is 29.2 Å². The van der Waals surface area contributed by atoms with E-state index in [2.05, 4.69) is 42.2 Å². The van der Waals surface area contributed by atoms with E-state index in [9.17, 15) is 0 Å². The summed E-state index contributed by atoms with van der Waals surface area (Å²) in [7, 11) is 0. The summed E-state index contributed by atoms with van der Waals surface area (Å²) in [6.45, 7) is 12.7. The minimum absolute atomic E-state index is 0.611. The van der Waals surface area contributed by atoms with Crippen molar-refractivity contribution in [2.75, 3.05) is 6.61 Å². The fourth-order valence-corrected chi connectivity index (χ4v) is 3.38. The van der Waals surface area contributed by atoms with Crippen molar-refractivity contribution in [3.05, 3.63) is 70.6 Å². The van der Waals surface area contributed by atoms with Gasteiger partial charge in [-0.1, -0.05) is 51.5 Å². The van der Waals surface area contributed by atoms with Crippen LogP contribution in [0.1, 0.15) is 62.3 Å². The second-order valence-corrected chi connectivity index (χ2v) is 6.77. The highest BCUT2D eigenvalue weighted by Gasteiger charge is 2.13. The van der Waals surface area contributed by atoms with E-state index < -0.39 is 0 Å². The lowest BCUT2D eigenvalue weighted by molar-refractivity contribution is 0.319. The first kappa shape index (κ1) is 22.7. The van der Waals surface area contributed by atoms with Crippen molar-refractivity contribution in [3.63, 3.8) is 0 Å². The summed E-state index contributed by atoms with van der Waals surface area (Å²) in [6, 6.07) is 14.7. The van der Waals surface area contributed by atoms with Gasteiger partial charge in [0.2, 0.25) is 5.89 Å². The summed E-state index contributed by atoms with van der Waals surface area (Å²) < 4.78 is 11.8. The third-order valence-corrected chi connectivity index (χ3v) is 4.87. The van der Waals surface area contributed by atoms with Gasteiger partial charge in [-0.2, -0.15) is 0 Å². The minimum Gasteiger partial charge on any atom is -0.493 e. The van der Waals surface area contributed by atoms with E-state index in [0.29, 0.717) is 12.5 Å². The molecule has 0 atom stereocenters. The summed E-state index contributed by atoms with van der Waals surface area (Å²) in [6.07, 6.45) is 4.39. The van der Waals surface area contributed by atoms with Crippen LogP contribution in [-0.2, 0) is 19.3 Å². The first-order valence-electron chi connectivity index (χ1n) is 11.0. The minimum atomic E-state index is 0.611.